The van der Waals surface area contributed by atoms with Crippen molar-refractivity contribution in [3.8, 4) is 5.75 Å². The zero-order valence-corrected chi connectivity index (χ0v) is 9.16. The number of hydrogen-bond donors (Lipinski definition) is 1. The lowest BCUT2D eigenvalue weighted by molar-refractivity contribution is 0.0600. The number of ether oxygens (including phenoxy) is 2. The van der Waals surface area contributed by atoms with Crippen LogP contribution >= 0.6 is 0 Å². The van der Waals surface area contributed by atoms with Crippen LogP contribution in [0.5, 0.6) is 5.75 Å². The number of esters is 1. The summed E-state index contributed by atoms with van der Waals surface area (Å²) in [4.78, 5) is 11.3. The smallest absolute Gasteiger partial charge is 0.337 e. The van der Waals surface area contributed by atoms with Gasteiger partial charge < -0.3 is 14.8 Å². The highest BCUT2D eigenvalue weighted by Gasteiger charge is 2.08. The van der Waals surface area contributed by atoms with Gasteiger partial charge in [-0.3, -0.25) is 0 Å². The highest BCUT2D eigenvalue weighted by atomic mass is 16.5. The maximum absolute atomic E-state index is 11.3. The summed E-state index contributed by atoms with van der Waals surface area (Å²) in [6.45, 7) is 0.682. The zero-order chi connectivity index (χ0) is 11.3. The molecule has 1 rings (SSSR count). The van der Waals surface area contributed by atoms with E-state index in [1.165, 1.54) is 7.11 Å². The van der Waals surface area contributed by atoms with Gasteiger partial charge in [0.15, 0.2) is 0 Å². The molecule has 0 aliphatic rings. The first kappa shape index (κ1) is 11.5. The molecular weight excluding hydrogens is 194 g/mol. The van der Waals surface area contributed by atoms with Crippen molar-refractivity contribution < 1.29 is 14.3 Å². The van der Waals surface area contributed by atoms with Crippen molar-refractivity contribution in [2.45, 2.75) is 6.54 Å². The van der Waals surface area contributed by atoms with Crippen LogP contribution in [0.15, 0.2) is 18.2 Å². The van der Waals surface area contributed by atoms with Crippen molar-refractivity contribution in [1.29, 1.82) is 0 Å². The van der Waals surface area contributed by atoms with Crippen LogP contribution in [-0.4, -0.2) is 27.2 Å². The standard InChI is InChI=1S/C11H15NO3/c1-12-7-8-4-9(11(13)15-3)6-10(5-8)14-2/h4-6,12H,7H2,1-3H3. The van der Waals surface area contributed by atoms with Gasteiger partial charge in [-0.15, -0.1) is 0 Å². The van der Waals surface area contributed by atoms with Gasteiger partial charge in [-0.05, 0) is 30.8 Å². The lowest BCUT2D eigenvalue weighted by atomic mass is 10.1. The first-order valence-corrected chi connectivity index (χ1v) is 4.62. The van der Waals surface area contributed by atoms with Crippen LogP contribution < -0.4 is 10.1 Å². The van der Waals surface area contributed by atoms with E-state index < -0.39 is 0 Å². The number of benzene rings is 1. The van der Waals surface area contributed by atoms with Gasteiger partial charge in [-0.2, -0.15) is 0 Å². The molecule has 0 saturated heterocycles. The van der Waals surface area contributed by atoms with Crippen molar-refractivity contribution >= 4 is 5.97 Å². The average molecular weight is 209 g/mol. The molecule has 1 N–H and O–H groups in total. The van der Waals surface area contributed by atoms with E-state index in [-0.39, 0.29) is 5.97 Å². The quantitative estimate of drug-likeness (QED) is 0.757. The molecule has 0 aromatic heterocycles. The van der Waals surface area contributed by atoms with Crippen LogP contribution in [-0.2, 0) is 11.3 Å². The Bertz CT molecular complexity index is 350. The number of hydrogen-bond acceptors (Lipinski definition) is 4. The van der Waals surface area contributed by atoms with Crippen LogP contribution in [0.25, 0.3) is 0 Å². The maximum atomic E-state index is 11.3. The van der Waals surface area contributed by atoms with Crippen LogP contribution in [0.3, 0.4) is 0 Å². The predicted molar refractivity (Wildman–Crippen MR) is 57.1 cm³/mol. The van der Waals surface area contributed by atoms with Crippen LogP contribution in [0.2, 0.25) is 0 Å². The third kappa shape index (κ3) is 2.95. The Morgan fingerprint density at radius 2 is 2.07 bits per heavy atom. The number of carbonyl (C=O) groups excluding carboxylic acids is 1. The molecule has 0 fully saturated rings. The summed E-state index contributed by atoms with van der Waals surface area (Å²) in [5, 5.41) is 3.01. The zero-order valence-electron chi connectivity index (χ0n) is 9.16. The summed E-state index contributed by atoms with van der Waals surface area (Å²) in [5.74, 6) is 0.300. The second kappa shape index (κ2) is 5.36. The van der Waals surface area contributed by atoms with Crippen molar-refractivity contribution in [1.82, 2.24) is 5.32 Å². The topological polar surface area (TPSA) is 47.6 Å². The predicted octanol–water partition coefficient (Wildman–Crippen LogP) is 1.20. The number of nitrogens with one attached hydrogen (secondary N) is 1. The molecule has 0 radical (unpaired) electrons. The summed E-state index contributed by atoms with van der Waals surface area (Å²) in [7, 11) is 4.77. The van der Waals surface area contributed by atoms with E-state index in [1.54, 1.807) is 19.2 Å². The van der Waals surface area contributed by atoms with E-state index in [4.69, 9.17) is 4.74 Å². The van der Waals surface area contributed by atoms with Gasteiger partial charge in [0.2, 0.25) is 0 Å². The van der Waals surface area contributed by atoms with Gasteiger partial charge in [0.25, 0.3) is 0 Å². The summed E-state index contributed by atoms with van der Waals surface area (Å²) in [5.41, 5.74) is 1.49. The minimum absolute atomic E-state index is 0.355. The first-order valence-electron chi connectivity index (χ1n) is 4.62. The van der Waals surface area contributed by atoms with Crippen molar-refractivity contribution in [3.63, 3.8) is 0 Å². The minimum Gasteiger partial charge on any atom is -0.497 e. The van der Waals surface area contributed by atoms with Crippen LogP contribution in [0, 0.1) is 0 Å². The Kier molecular flexibility index (Phi) is 4.12. The Morgan fingerprint density at radius 3 is 2.60 bits per heavy atom. The van der Waals surface area contributed by atoms with E-state index >= 15 is 0 Å². The molecule has 82 valence electrons. The number of carbonyl (C=O) groups is 1. The fourth-order valence-electron chi connectivity index (χ4n) is 1.32. The molecule has 4 heteroatoms. The van der Waals surface area contributed by atoms with Gasteiger partial charge in [0, 0.05) is 6.54 Å². The molecule has 1 aromatic carbocycles. The van der Waals surface area contributed by atoms with Crippen molar-refractivity contribution in [2.75, 3.05) is 21.3 Å². The fourth-order valence-corrected chi connectivity index (χ4v) is 1.32. The third-order valence-electron chi connectivity index (χ3n) is 2.00. The molecule has 0 saturated carbocycles. The monoisotopic (exact) mass is 209 g/mol. The molecule has 0 aliphatic carbocycles. The Labute approximate surface area is 89.2 Å². The van der Waals surface area contributed by atoms with Crippen molar-refractivity contribution in [3.05, 3.63) is 29.3 Å². The minimum atomic E-state index is -0.355. The molecule has 0 unspecified atom stereocenters. The molecule has 0 bridgehead atoms. The fraction of sp³-hybridized carbons (Fsp3) is 0.364. The first-order chi connectivity index (χ1) is 7.21. The highest BCUT2D eigenvalue weighted by Crippen LogP contribution is 2.17. The number of rotatable bonds is 4. The molecule has 0 spiro atoms. The molecule has 4 nitrogen and oxygen atoms in total. The van der Waals surface area contributed by atoms with Crippen molar-refractivity contribution in [2.24, 2.45) is 0 Å². The summed E-state index contributed by atoms with van der Waals surface area (Å²) < 4.78 is 9.75. The molecule has 1 aromatic rings. The average Bonchev–Trinajstić information content (AvgIpc) is 2.28. The van der Waals surface area contributed by atoms with E-state index in [9.17, 15) is 4.79 Å². The molecule has 0 atom stereocenters. The normalized spacial score (nSPS) is 9.80. The maximum Gasteiger partial charge on any atom is 0.337 e. The van der Waals surface area contributed by atoms with Crippen LogP contribution in [0.4, 0.5) is 0 Å². The second-order valence-corrected chi connectivity index (χ2v) is 3.09. The van der Waals surface area contributed by atoms with E-state index in [0.29, 0.717) is 17.9 Å². The van der Waals surface area contributed by atoms with E-state index in [1.807, 2.05) is 13.1 Å². The lowest BCUT2D eigenvalue weighted by Crippen LogP contribution is -2.08. The second-order valence-electron chi connectivity index (χ2n) is 3.09. The molecule has 0 amide bonds. The van der Waals surface area contributed by atoms with Crippen LogP contribution in [0.1, 0.15) is 15.9 Å². The summed E-state index contributed by atoms with van der Waals surface area (Å²) in [6, 6.07) is 5.32. The highest BCUT2D eigenvalue weighted by molar-refractivity contribution is 5.90. The van der Waals surface area contributed by atoms with E-state index in [2.05, 4.69) is 10.1 Å². The van der Waals surface area contributed by atoms with Gasteiger partial charge in [0.05, 0.1) is 19.8 Å². The summed E-state index contributed by atoms with van der Waals surface area (Å²) >= 11 is 0. The molecular formula is C11H15NO3. The van der Waals surface area contributed by atoms with E-state index in [0.717, 1.165) is 5.56 Å². The SMILES string of the molecule is CNCc1cc(OC)cc(C(=O)OC)c1. The third-order valence-corrected chi connectivity index (χ3v) is 2.00. The van der Waals surface area contributed by atoms with Gasteiger partial charge in [-0.25, -0.2) is 4.79 Å². The summed E-state index contributed by atoms with van der Waals surface area (Å²) in [6.07, 6.45) is 0. The van der Waals surface area contributed by atoms with Gasteiger partial charge >= 0.3 is 5.97 Å². The van der Waals surface area contributed by atoms with Gasteiger partial charge in [-0.1, -0.05) is 0 Å². The lowest BCUT2D eigenvalue weighted by Gasteiger charge is -2.07. The Morgan fingerprint density at radius 1 is 1.33 bits per heavy atom. The molecule has 15 heavy (non-hydrogen) atoms. The Balaban J connectivity index is 3.05. The Hall–Kier alpha value is -1.55. The number of methoxy groups -OCH3 is 2. The largest absolute Gasteiger partial charge is 0.497 e. The molecule has 0 aliphatic heterocycles. The van der Waals surface area contributed by atoms with Gasteiger partial charge in [0.1, 0.15) is 5.75 Å². The molecule has 0 heterocycles.